The Hall–Kier alpha value is -0.0800. The van der Waals surface area contributed by atoms with Crippen molar-refractivity contribution in [3.8, 4) is 0 Å². The van der Waals surface area contributed by atoms with E-state index in [9.17, 15) is 0 Å². The monoisotopic (exact) mass is 238 g/mol. The first-order valence-corrected chi connectivity index (χ1v) is 7.64. The molecule has 2 heteroatoms. The lowest BCUT2D eigenvalue weighted by atomic mass is 9.78. The third kappa shape index (κ3) is 3.45. The van der Waals surface area contributed by atoms with Crippen molar-refractivity contribution in [3.63, 3.8) is 0 Å². The van der Waals surface area contributed by atoms with Crippen LogP contribution in [0.1, 0.15) is 52.4 Å². The summed E-state index contributed by atoms with van der Waals surface area (Å²) in [5.74, 6) is 2.60. The van der Waals surface area contributed by atoms with Crippen LogP contribution in [0.2, 0.25) is 0 Å². The highest BCUT2D eigenvalue weighted by Crippen LogP contribution is 2.33. The molecule has 1 saturated heterocycles. The van der Waals surface area contributed by atoms with Gasteiger partial charge in [0.1, 0.15) is 0 Å². The number of nitrogens with two attached hydrogens (primary N) is 1. The van der Waals surface area contributed by atoms with Crippen molar-refractivity contribution in [1.29, 1.82) is 0 Å². The topological polar surface area (TPSA) is 29.3 Å². The van der Waals surface area contributed by atoms with E-state index in [-0.39, 0.29) is 0 Å². The predicted molar refractivity (Wildman–Crippen MR) is 73.9 cm³/mol. The quantitative estimate of drug-likeness (QED) is 0.801. The zero-order chi connectivity index (χ0) is 12.3. The van der Waals surface area contributed by atoms with Crippen LogP contribution in [0, 0.1) is 17.8 Å². The molecule has 0 bridgehead atoms. The molecule has 2 nitrogen and oxygen atoms in total. The van der Waals surface area contributed by atoms with Crippen molar-refractivity contribution in [2.75, 3.05) is 19.6 Å². The number of hydrogen-bond acceptors (Lipinski definition) is 2. The van der Waals surface area contributed by atoms with Crippen LogP contribution in [0.4, 0.5) is 0 Å². The minimum Gasteiger partial charge on any atom is -0.330 e. The van der Waals surface area contributed by atoms with Gasteiger partial charge in [0.05, 0.1) is 0 Å². The van der Waals surface area contributed by atoms with E-state index >= 15 is 0 Å². The second-order valence-corrected chi connectivity index (χ2v) is 6.55. The van der Waals surface area contributed by atoms with Gasteiger partial charge in [-0.25, -0.2) is 0 Å². The first-order valence-electron chi connectivity index (χ1n) is 7.64. The van der Waals surface area contributed by atoms with Crippen molar-refractivity contribution in [1.82, 2.24) is 4.90 Å². The standard InChI is InChI=1S/C15H30N2/c1-12-4-3-8-17(9-7-12)15-10-13(2)5-6-14(15)11-16/h12-15H,3-11,16H2,1-2H3. The molecule has 2 N–H and O–H groups in total. The SMILES string of the molecule is CC1CCCN(C2CC(C)CCC2CN)CC1. The smallest absolute Gasteiger partial charge is 0.0138 e. The normalized spacial score (nSPS) is 41.1. The maximum Gasteiger partial charge on any atom is 0.0138 e. The molecule has 0 radical (unpaired) electrons. The van der Waals surface area contributed by atoms with Crippen LogP contribution in [-0.2, 0) is 0 Å². The van der Waals surface area contributed by atoms with Crippen molar-refractivity contribution in [2.45, 2.75) is 58.4 Å². The van der Waals surface area contributed by atoms with E-state index in [4.69, 9.17) is 5.73 Å². The van der Waals surface area contributed by atoms with Gasteiger partial charge in [-0.15, -0.1) is 0 Å². The second kappa shape index (κ2) is 6.19. The number of hydrogen-bond donors (Lipinski definition) is 1. The van der Waals surface area contributed by atoms with Crippen LogP contribution in [0.25, 0.3) is 0 Å². The van der Waals surface area contributed by atoms with Gasteiger partial charge in [0.25, 0.3) is 0 Å². The fourth-order valence-corrected chi connectivity index (χ4v) is 3.75. The third-order valence-electron chi connectivity index (χ3n) is 5.04. The number of rotatable bonds is 2. The largest absolute Gasteiger partial charge is 0.330 e. The number of likely N-dealkylation sites (tertiary alicyclic amines) is 1. The summed E-state index contributed by atoms with van der Waals surface area (Å²) in [4.78, 5) is 2.77. The molecule has 0 aromatic carbocycles. The van der Waals surface area contributed by atoms with E-state index in [1.165, 1.54) is 51.6 Å². The Morgan fingerprint density at radius 1 is 1.00 bits per heavy atom. The van der Waals surface area contributed by atoms with Crippen LogP contribution >= 0.6 is 0 Å². The van der Waals surface area contributed by atoms with E-state index < -0.39 is 0 Å². The van der Waals surface area contributed by atoms with Crippen molar-refractivity contribution < 1.29 is 0 Å². The minimum absolute atomic E-state index is 0.764. The average Bonchev–Trinajstić information content (AvgIpc) is 2.54. The van der Waals surface area contributed by atoms with Gasteiger partial charge >= 0.3 is 0 Å². The van der Waals surface area contributed by atoms with Crippen molar-refractivity contribution >= 4 is 0 Å². The van der Waals surface area contributed by atoms with Crippen LogP contribution in [0.5, 0.6) is 0 Å². The molecule has 1 aliphatic heterocycles. The Balaban J connectivity index is 1.97. The maximum atomic E-state index is 5.99. The van der Waals surface area contributed by atoms with Gasteiger partial charge in [-0.05, 0) is 69.5 Å². The highest BCUT2D eigenvalue weighted by Gasteiger charge is 2.32. The summed E-state index contributed by atoms with van der Waals surface area (Å²) >= 11 is 0. The van der Waals surface area contributed by atoms with Gasteiger partial charge in [0.2, 0.25) is 0 Å². The number of nitrogens with zero attached hydrogens (tertiary/aromatic N) is 1. The van der Waals surface area contributed by atoms with Crippen LogP contribution in [0.3, 0.4) is 0 Å². The molecule has 1 saturated carbocycles. The van der Waals surface area contributed by atoms with Gasteiger partial charge in [0, 0.05) is 6.04 Å². The third-order valence-corrected chi connectivity index (χ3v) is 5.04. The molecule has 2 rings (SSSR count). The van der Waals surface area contributed by atoms with Gasteiger partial charge in [-0.1, -0.05) is 20.3 Å². The predicted octanol–water partition coefficient (Wildman–Crippen LogP) is 2.87. The Kier molecular flexibility index (Phi) is 4.87. The highest BCUT2D eigenvalue weighted by atomic mass is 15.2. The lowest BCUT2D eigenvalue weighted by molar-refractivity contribution is 0.0881. The fourth-order valence-electron chi connectivity index (χ4n) is 3.75. The molecular weight excluding hydrogens is 208 g/mol. The van der Waals surface area contributed by atoms with E-state index in [0.717, 1.165) is 30.3 Å². The van der Waals surface area contributed by atoms with E-state index in [1.54, 1.807) is 0 Å². The molecule has 100 valence electrons. The first kappa shape index (κ1) is 13.4. The van der Waals surface area contributed by atoms with E-state index in [2.05, 4.69) is 18.7 Å². The zero-order valence-electron chi connectivity index (χ0n) is 11.7. The highest BCUT2D eigenvalue weighted by molar-refractivity contribution is 4.87. The fraction of sp³-hybridized carbons (Fsp3) is 1.00. The summed E-state index contributed by atoms with van der Waals surface area (Å²) in [6.45, 7) is 8.35. The summed E-state index contributed by atoms with van der Waals surface area (Å²) in [5, 5.41) is 0. The molecule has 4 atom stereocenters. The minimum atomic E-state index is 0.764. The molecule has 2 aliphatic rings. The van der Waals surface area contributed by atoms with Crippen LogP contribution in [0.15, 0.2) is 0 Å². The molecule has 1 heterocycles. The molecule has 0 spiro atoms. The summed E-state index contributed by atoms with van der Waals surface area (Å²) in [5.41, 5.74) is 5.99. The maximum absolute atomic E-state index is 5.99. The van der Waals surface area contributed by atoms with Gasteiger partial charge in [-0.3, -0.25) is 0 Å². The Morgan fingerprint density at radius 3 is 2.59 bits per heavy atom. The first-order chi connectivity index (χ1) is 8.20. The van der Waals surface area contributed by atoms with Crippen molar-refractivity contribution in [3.05, 3.63) is 0 Å². The molecule has 0 aromatic rings. The van der Waals surface area contributed by atoms with Crippen molar-refractivity contribution in [2.24, 2.45) is 23.5 Å². The summed E-state index contributed by atoms with van der Waals surface area (Å²) < 4.78 is 0. The lowest BCUT2D eigenvalue weighted by Crippen LogP contribution is -2.47. The zero-order valence-corrected chi connectivity index (χ0v) is 11.7. The molecule has 4 unspecified atom stereocenters. The molecular formula is C15H30N2. The molecule has 1 aliphatic carbocycles. The summed E-state index contributed by atoms with van der Waals surface area (Å²) in [6.07, 6.45) is 8.34. The van der Waals surface area contributed by atoms with E-state index in [0.29, 0.717) is 0 Å². The van der Waals surface area contributed by atoms with Gasteiger partial charge in [0.15, 0.2) is 0 Å². The van der Waals surface area contributed by atoms with Gasteiger partial charge < -0.3 is 10.6 Å². The Morgan fingerprint density at radius 2 is 1.82 bits per heavy atom. The molecule has 2 fully saturated rings. The summed E-state index contributed by atoms with van der Waals surface area (Å²) in [6, 6.07) is 0.786. The van der Waals surface area contributed by atoms with Crippen LogP contribution < -0.4 is 5.73 Å². The average molecular weight is 238 g/mol. The van der Waals surface area contributed by atoms with Crippen LogP contribution in [-0.4, -0.2) is 30.6 Å². The Bertz CT molecular complexity index is 229. The lowest BCUT2D eigenvalue weighted by Gasteiger charge is -2.41. The summed E-state index contributed by atoms with van der Waals surface area (Å²) in [7, 11) is 0. The Labute approximate surface area is 107 Å². The second-order valence-electron chi connectivity index (χ2n) is 6.55. The van der Waals surface area contributed by atoms with Gasteiger partial charge in [-0.2, -0.15) is 0 Å². The molecule has 0 amide bonds. The van der Waals surface area contributed by atoms with E-state index in [1.807, 2.05) is 0 Å². The molecule has 0 aromatic heterocycles. The molecule has 17 heavy (non-hydrogen) atoms.